The van der Waals surface area contributed by atoms with E-state index < -0.39 is 0 Å². The van der Waals surface area contributed by atoms with Crippen molar-refractivity contribution in [2.75, 3.05) is 19.0 Å². The molecule has 0 bridgehead atoms. The summed E-state index contributed by atoms with van der Waals surface area (Å²) in [7, 11) is 3.24. The summed E-state index contributed by atoms with van der Waals surface area (Å²) < 4.78 is 2.29. The molecule has 4 heterocycles. The first-order valence-corrected chi connectivity index (χ1v) is 14.1. The number of hydrogen-bond acceptors (Lipinski definition) is 4. The summed E-state index contributed by atoms with van der Waals surface area (Å²) in [5, 5.41) is 0.224. The number of likely N-dealkylation sites (N-methyl/N-ethyl adjacent to an activating group) is 2. The van der Waals surface area contributed by atoms with Crippen molar-refractivity contribution in [1.29, 1.82) is 0 Å². The summed E-state index contributed by atoms with van der Waals surface area (Å²) in [6, 6.07) is 17.6. The first-order valence-electron chi connectivity index (χ1n) is 12.0. The van der Waals surface area contributed by atoms with Gasteiger partial charge in [0, 0.05) is 0 Å². The zero-order valence-electron chi connectivity index (χ0n) is 21.2. The van der Waals surface area contributed by atoms with Gasteiger partial charge in [-0.25, -0.2) is 0 Å². The van der Waals surface area contributed by atoms with E-state index in [4.69, 9.17) is 12.2 Å². The molecule has 0 spiro atoms. The molecular weight excluding hydrogens is 533 g/mol. The molecule has 6 rings (SSSR count). The van der Waals surface area contributed by atoms with E-state index in [0.717, 1.165) is 4.44 Å². The van der Waals surface area contributed by atoms with E-state index in [1.165, 1.54) is 48.0 Å². The first-order chi connectivity index (χ1) is 17.0. The Labute approximate surface area is 222 Å². The second-order valence-electron chi connectivity index (χ2n) is 10.7. The predicted octanol–water partition coefficient (Wildman–Crippen LogP) is 5.09. The van der Waals surface area contributed by atoms with E-state index >= 15 is 0 Å². The Kier molecular flexibility index (Phi) is 4.89. The van der Waals surface area contributed by atoms with Gasteiger partial charge in [0.15, 0.2) is 0 Å². The Morgan fingerprint density at radius 3 is 2.00 bits per heavy atom. The van der Waals surface area contributed by atoms with Crippen LogP contribution < -0.4 is 4.90 Å². The summed E-state index contributed by atoms with van der Waals surface area (Å²) in [4.78, 5) is 31.2. The van der Waals surface area contributed by atoms with Gasteiger partial charge >= 0.3 is 223 Å². The van der Waals surface area contributed by atoms with Crippen molar-refractivity contribution < 1.29 is 9.59 Å². The molecule has 182 valence electrons. The average molecular weight is 561 g/mol. The molecule has 1 aromatic heterocycles. The number of para-hydroxylation sites is 2. The van der Waals surface area contributed by atoms with E-state index in [-0.39, 0.29) is 47.8 Å². The monoisotopic (exact) mass is 561 g/mol. The van der Waals surface area contributed by atoms with Crippen LogP contribution in [0.25, 0.3) is 6.08 Å². The number of amides is 2. The third-order valence-electron chi connectivity index (χ3n) is 7.96. The molecule has 5 nitrogen and oxygen atoms in total. The molecule has 2 amide bonds. The number of fused-ring (bicyclic) bond motifs is 4. The Morgan fingerprint density at radius 2 is 1.36 bits per heavy atom. The van der Waals surface area contributed by atoms with E-state index in [9.17, 15) is 9.59 Å². The van der Waals surface area contributed by atoms with Crippen LogP contribution in [0.15, 0.2) is 54.1 Å². The van der Waals surface area contributed by atoms with Gasteiger partial charge in [-0.3, -0.25) is 0 Å². The molecule has 0 N–H and O–H groups in total. The SMILES string of the molecule is CN1C(=O)C(=Cc2cc3c([se]2)N2c4ccccc4C(C)(C)c4cccc(c42)C3(C)C)C(=O)N(C)C1=S. The van der Waals surface area contributed by atoms with Crippen molar-refractivity contribution >= 4 is 65.7 Å². The van der Waals surface area contributed by atoms with Gasteiger partial charge in [-0.15, -0.1) is 0 Å². The zero-order valence-corrected chi connectivity index (χ0v) is 23.7. The van der Waals surface area contributed by atoms with Gasteiger partial charge in [0.1, 0.15) is 0 Å². The second kappa shape index (κ2) is 7.51. The van der Waals surface area contributed by atoms with E-state index in [1.807, 2.05) is 0 Å². The number of nitrogens with zero attached hydrogens (tertiary/aromatic N) is 3. The van der Waals surface area contributed by atoms with Crippen LogP contribution in [0.1, 0.15) is 54.4 Å². The van der Waals surface area contributed by atoms with Crippen molar-refractivity contribution in [3.8, 4) is 0 Å². The molecule has 36 heavy (non-hydrogen) atoms. The first kappa shape index (κ1) is 23.4. The minimum atomic E-state index is -0.348. The Balaban J connectivity index is 1.59. The molecule has 1 fully saturated rings. The molecule has 1 saturated heterocycles. The summed E-state index contributed by atoms with van der Waals surface area (Å²) in [6.07, 6.45) is 1.79. The third kappa shape index (κ3) is 2.91. The van der Waals surface area contributed by atoms with E-state index in [0.29, 0.717) is 0 Å². The fraction of sp³-hybridized carbons (Fsp3) is 0.276. The third-order valence-corrected chi connectivity index (χ3v) is 10.8. The summed E-state index contributed by atoms with van der Waals surface area (Å²) in [6.45, 7) is 9.17. The second-order valence-corrected chi connectivity index (χ2v) is 13.3. The number of benzene rings is 2. The molecule has 3 aromatic rings. The van der Waals surface area contributed by atoms with Crippen LogP contribution in [0.5, 0.6) is 0 Å². The molecule has 7 heteroatoms. The van der Waals surface area contributed by atoms with Gasteiger partial charge in [-0.2, -0.15) is 0 Å². The Morgan fingerprint density at radius 1 is 0.806 bits per heavy atom. The standard InChI is InChI=1S/C29H27N3O2SSe/c1-28(2)18-10-7-8-13-22(18)32-23-19(28)11-9-12-20(23)29(3,4)21-15-16(36-26(21)32)14-17-24(33)30(5)27(35)31(6)25(17)34/h7-15H,1-6H3. The van der Waals surface area contributed by atoms with E-state index in [2.05, 4.69) is 81.1 Å². The quantitative estimate of drug-likeness (QED) is 0.180. The van der Waals surface area contributed by atoms with Gasteiger partial charge in [0.25, 0.3) is 0 Å². The number of anilines is 3. The molecule has 0 aliphatic carbocycles. The Bertz CT molecular complexity index is 1520. The van der Waals surface area contributed by atoms with Crippen LogP contribution in [0.2, 0.25) is 0 Å². The van der Waals surface area contributed by atoms with Crippen molar-refractivity contribution in [2.45, 2.75) is 38.5 Å². The molecule has 0 radical (unpaired) electrons. The van der Waals surface area contributed by atoms with Crippen molar-refractivity contribution in [3.05, 3.63) is 80.8 Å². The molecule has 0 atom stereocenters. The van der Waals surface area contributed by atoms with Crippen molar-refractivity contribution in [2.24, 2.45) is 0 Å². The summed E-state index contributed by atoms with van der Waals surface area (Å²) >= 11 is 5.17. The molecule has 0 saturated carbocycles. The number of hydrogen-bond donors (Lipinski definition) is 0. The maximum atomic E-state index is 13.0. The van der Waals surface area contributed by atoms with Crippen molar-refractivity contribution in [3.63, 3.8) is 0 Å². The Hall–Kier alpha value is -2.99. The zero-order chi connectivity index (χ0) is 25.7. The average Bonchev–Trinajstić information content (AvgIpc) is 3.29. The van der Waals surface area contributed by atoms with Crippen LogP contribution in [0.3, 0.4) is 0 Å². The summed E-state index contributed by atoms with van der Waals surface area (Å²) in [5.74, 6) is -0.695. The van der Waals surface area contributed by atoms with Crippen LogP contribution in [-0.4, -0.2) is 55.3 Å². The van der Waals surface area contributed by atoms with Gasteiger partial charge in [0.05, 0.1) is 0 Å². The normalized spacial score (nSPS) is 19.2. The van der Waals surface area contributed by atoms with Crippen LogP contribution in [-0.2, 0) is 20.4 Å². The number of rotatable bonds is 1. The van der Waals surface area contributed by atoms with Crippen LogP contribution in [0, 0.1) is 0 Å². The van der Waals surface area contributed by atoms with Gasteiger partial charge < -0.3 is 0 Å². The predicted molar refractivity (Wildman–Crippen MR) is 148 cm³/mol. The number of carbonyl (C=O) groups excluding carboxylic acids is 2. The number of thiocarbonyl (C=S) groups is 1. The minimum absolute atomic E-state index is 0.0886. The van der Waals surface area contributed by atoms with Crippen molar-refractivity contribution in [1.82, 2.24) is 9.80 Å². The van der Waals surface area contributed by atoms with Gasteiger partial charge in [-0.05, 0) is 0 Å². The fourth-order valence-electron chi connectivity index (χ4n) is 5.81. The van der Waals surface area contributed by atoms with Crippen LogP contribution in [0.4, 0.5) is 15.9 Å². The summed E-state index contributed by atoms with van der Waals surface area (Å²) in [5.41, 5.74) is 7.51. The number of carbonyl (C=O) groups is 2. The van der Waals surface area contributed by atoms with Gasteiger partial charge in [0.2, 0.25) is 0 Å². The molecule has 2 aromatic carbocycles. The maximum absolute atomic E-state index is 13.0. The van der Waals surface area contributed by atoms with E-state index in [1.54, 1.807) is 20.2 Å². The molecule has 3 aliphatic rings. The molecule has 3 aliphatic heterocycles. The topological polar surface area (TPSA) is 43.9 Å². The molecule has 0 unspecified atom stereocenters. The fourth-order valence-corrected chi connectivity index (χ4v) is 8.67. The van der Waals surface area contributed by atoms with Gasteiger partial charge in [-0.1, -0.05) is 0 Å². The molecular formula is C29H27N3O2SSe. The van der Waals surface area contributed by atoms with Crippen LogP contribution >= 0.6 is 12.2 Å².